The van der Waals surface area contributed by atoms with E-state index in [-0.39, 0.29) is 5.41 Å². The van der Waals surface area contributed by atoms with Crippen LogP contribution in [0.15, 0.2) is 97.1 Å². The standard InChI is InChI=1S/C37H38N2O4/c1-37(2,3)26-10-14-28(15-11-26)38-27-12-8-24(9-13-27)25-20-33(31-18-16-29(40-4)22-35(31)42-6)39-34(21-25)32-19-17-30(41-5)23-36(32)43-7/h8-23,38H,1-7H3. The van der Waals surface area contributed by atoms with Crippen LogP contribution >= 0.6 is 0 Å². The van der Waals surface area contributed by atoms with Crippen LogP contribution in [-0.2, 0) is 5.41 Å². The third-order valence-electron chi connectivity index (χ3n) is 7.45. The molecule has 0 aliphatic rings. The summed E-state index contributed by atoms with van der Waals surface area (Å²) in [5, 5.41) is 3.52. The van der Waals surface area contributed by atoms with Crippen molar-refractivity contribution in [2.75, 3.05) is 33.8 Å². The molecule has 0 atom stereocenters. The van der Waals surface area contributed by atoms with Gasteiger partial charge in [-0.1, -0.05) is 45.0 Å². The third-order valence-corrected chi connectivity index (χ3v) is 7.45. The summed E-state index contributed by atoms with van der Waals surface area (Å²) >= 11 is 0. The summed E-state index contributed by atoms with van der Waals surface area (Å²) in [5.41, 5.74) is 8.80. The number of methoxy groups -OCH3 is 4. The van der Waals surface area contributed by atoms with Crippen molar-refractivity contribution in [3.8, 4) is 56.6 Å². The minimum Gasteiger partial charge on any atom is -0.497 e. The van der Waals surface area contributed by atoms with Gasteiger partial charge in [0.05, 0.1) is 39.8 Å². The Hall–Kier alpha value is -4.97. The lowest BCUT2D eigenvalue weighted by atomic mass is 9.87. The number of aromatic nitrogens is 1. The lowest BCUT2D eigenvalue weighted by molar-refractivity contribution is 0.395. The van der Waals surface area contributed by atoms with Crippen LogP contribution in [0, 0.1) is 0 Å². The maximum Gasteiger partial charge on any atom is 0.131 e. The van der Waals surface area contributed by atoms with E-state index in [1.165, 1.54) is 5.56 Å². The molecule has 0 amide bonds. The number of benzene rings is 4. The molecule has 0 unspecified atom stereocenters. The van der Waals surface area contributed by atoms with Crippen molar-refractivity contribution in [3.63, 3.8) is 0 Å². The average molecular weight is 575 g/mol. The fourth-order valence-corrected chi connectivity index (χ4v) is 4.96. The molecule has 0 bridgehead atoms. The van der Waals surface area contributed by atoms with Crippen molar-refractivity contribution in [1.82, 2.24) is 4.98 Å². The maximum absolute atomic E-state index is 5.74. The predicted octanol–water partition coefficient (Wildman–Crippen LogP) is 9.16. The van der Waals surface area contributed by atoms with Crippen molar-refractivity contribution in [3.05, 3.63) is 103 Å². The third kappa shape index (κ3) is 6.59. The monoisotopic (exact) mass is 574 g/mol. The number of hydrogen-bond acceptors (Lipinski definition) is 6. The molecule has 1 heterocycles. The molecule has 0 aliphatic heterocycles. The molecule has 0 aliphatic carbocycles. The number of pyridine rings is 1. The summed E-state index contributed by atoms with van der Waals surface area (Å²) in [5.74, 6) is 2.78. The van der Waals surface area contributed by atoms with Crippen molar-refractivity contribution in [2.24, 2.45) is 0 Å². The van der Waals surface area contributed by atoms with Crippen LogP contribution < -0.4 is 24.3 Å². The Morgan fingerprint density at radius 3 is 1.40 bits per heavy atom. The van der Waals surface area contributed by atoms with Crippen molar-refractivity contribution >= 4 is 11.4 Å². The molecule has 5 rings (SSSR count). The summed E-state index contributed by atoms with van der Waals surface area (Å²) in [6.45, 7) is 6.67. The Labute approximate surface area is 254 Å². The Bertz CT molecular complexity index is 1630. The minimum atomic E-state index is 0.119. The van der Waals surface area contributed by atoms with E-state index in [1.54, 1.807) is 28.4 Å². The number of rotatable bonds is 9. The Kier molecular flexibility index (Phi) is 8.58. The highest BCUT2D eigenvalue weighted by Gasteiger charge is 2.17. The van der Waals surface area contributed by atoms with Crippen LogP contribution in [0.25, 0.3) is 33.6 Å². The molecular weight excluding hydrogens is 536 g/mol. The van der Waals surface area contributed by atoms with Crippen LogP contribution in [0.4, 0.5) is 11.4 Å². The largest absolute Gasteiger partial charge is 0.497 e. The quantitative estimate of drug-likeness (QED) is 0.189. The maximum atomic E-state index is 5.74. The molecule has 0 radical (unpaired) electrons. The van der Waals surface area contributed by atoms with Gasteiger partial charge in [0.2, 0.25) is 0 Å². The zero-order valence-electron chi connectivity index (χ0n) is 25.8. The van der Waals surface area contributed by atoms with Crippen molar-refractivity contribution in [2.45, 2.75) is 26.2 Å². The molecule has 6 heteroatoms. The first-order valence-electron chi connectivity index (χ1n) is 14.2. The number of ether oxygens (including phenoxy) is 4. The van der Waals surface area contributed by atoms with Gasteiger partial charge in [-0.2, -0.15) is 0 Å². The number of hydrogen-bond donors (Lipinski definition) is 1. The molecule has 5 aromatic rings. The highest BCUT2D eigenvalue weighted by molar-refractivity contribution is 5.81. The van der Waals surface area contributed by atoms with Crippen LogP contribution in [0.1, 0.15) is 26.3 Å². The van der Waals surface area contributed by atoms with Crippen LogP contribution in [0.2, 0.25) is 0 Å². The zero-order valence-corrected chi connectivity index (χ0v) is 25.8. The smallest absolute Gasteiger partial charge is 0.131 e. The molecule has 0 spiro atoms. The van der Waals surface area contributed by atoms with Crippen LogP contribution in [-0.4, -0.2) is 33.4 Å². The Balaban J connectivity index is 1.55. The molecule has 220 valence electrons. The van der Waals surface area contributed by atoms with Gasteiger partial charge in [-0.25, -0.2) is 4.98 Å². The van der Waals surface area contributed by atoms with Gasteiger partial charge in [0.1, 0.15) is 23.0 Å². The summed E-state index contributed by atoms with van der Waals surface area (Å²) in [7, 11) is 6.58. The summed E-state index contributed by atoms with van der Waals surface area (Å²) in [6.07, 6.45) is 0. The number of nitrogens with one attached hydrogen (secondary N) is 1. The second-order valence-electron chi connectivity index (χ2n) is 11.3. The second-order valence-corrected chi connectivity index (χ2v) is 11.3. The molecule has 6 nitrogen and oxygen atoms in total. The van der Waals surface area contributed by atoms with E-state index in [9.17, 15) is 0 Å². The van der Waals surface area contributed by atoms with Gasteiger partial charge < -0.3 is 24.3 Å². The normalized spacial score (nSPS) is 11.1. The number of nitrogens with zero attached hydrogens (tertiary/aromatic N) is 1. The van der Waals surface area contributed by atoms with Gasteiger partial charge in [0, 0.05) is 34.6 Å². The van der Waals surface area contributed by atoms with Crippen molar-refractivity contribution in [1.29, 1.82) is 0 Å². The van der Waals surface area contributed by atoms with E-state index in [0.29, 0.717) is 23.0 Å². The highest BCUT2D eigenvalue weighted by Crippen LogP contribution is 2.39. The summed E-state index contributed by atoms with van der Waals surface area (Å²) in [6, 6.07) is 32.7. The highest BCUT2D eigenvalue weighted by atomic mass is 16.5. The van der Waals surface area contributed by atoms with E-state index in [1.807, 2.05) is 36.4 Å². The van der Waals surface area contributed by atoms with E-state index < -0.39 is 0 Å². The molecule has 4 aromatic carbocycles. The molecule has 1 N–H and O–H groups in total. The molecular formula is C37H38N2O4. The fourth-order valence-electron chi connectivity index (χ4n) is 4.96. The van der Waals surface area contributed by atoms with E-state index >= 15 is 0 Å². The fraction of sp³-hybridized carbons (Fsp3) is 0.216. The predicted molar refractivity (Wildman–Crippen MR) is 175 cm³/mol. The van der Waals surface area contributed by atoms with Crippen molar-refractivity contribution < 1.29 is 18.9 Å². The first-order valence-corrected chi connectivity index (χ1v) is 14.2. The Morgan fingerprint density at radius 1 is 0.512 bits per heavy atom. The van der Waals surface area contributed by atoms with E-state index in [4.69, 9.17) is 23.9 Å². The van der Waals surface area contributed by atoms with Gasteiger partial charge in [-0.05, 0) is 82.8 Å². The topological polar surface area (TPSA) is 61.8 Å². The van der Waals surface area contributed by atoms with E-state index in [2.05, 4.69) is 86.8 Å². The van der Waals surface area contributed by atoms with Gasteiger partial charge in [-0.3, -0.25) is 0 Å². The van der Waals surface area contributed by atoms with Gasteiger partial charge >= 0.3 is 0 Å². The molecule has 0 saturated carbocycles. The molecule has 0 fully saturated rings. The zero-order chi connectivity index (χ0) is 30.6. The van der Waals surface area contributed by atoms with Gasteiger partial charge in [0.25, 0.3) is 0 Å². The SMILES string of the molecule is COc1ccc(-c2cc(-c3ccc(Nc4ccc(C(C)(C)C)cc4)cc3)cc(-c3ccc(OC)cc3OC)n2)c(OC)c1. The molecule has 43 heavy (non-hydrogen) atoms. The van der Waals surface area contributed by atoms with E-state index in [0.717, 1.165) is 45.0 Å². The van der Waals surface area contributed by atoms with Crippen LogP contribution in [0.5, 0.6) is 23.0 Å². The summed E-state index contributed by atoms with van der Waals surface area (Å²) < 4.78 is 22.3. The summed E-state index contributed by atoms with van der Waals surface area (Å²) in [4.78, 5) is 5.07. The lowest BCUT2D eigenvalue weighted by Gasteiger charge is -2.19. The second kappa shape index (κ2) is 12.5. The molecule has 0 saturated heterocycles. The molecule has 1 aromatic heterocycles. The first kappa shape index (κ1) is 29.5. The number of anilines is 2. The first-order chi connectivity index (χ1) is 20.7. The van der Waals surface area contributed by atoms with Crippen LogP contribution in [0.3, 0.4) is 0 Å². The minimum absolute atomic E-state index is 0.119. The van der Waals surface area contributed by atoms with Gasteiger partial charge in [0.15, 0.2) is 0 Å². The van der Waals surface area contributed by atoms with Gasteiger partial charge in [-0.15, -0.1) is 0 Å². The average Bonchev–Trinajstić information content (AvgIpc) is 3.04. The lowest BCUT2D eigenvalue weighted by Crippen LogP contribution is -2.10. The Morgan fingerprint density at radius 2 is 0.977 bits per heavy atom.